The van der Waals surface area contributed by atoms with Crippen molar-refractivity contribution in [3.63, 3.8) is 0 Å². The lowest BCUT2D eigenvalue weighted by Gasteiger charge is -2.31. The number of amides is 1. The highest BCUT2D eigenvalue weighted by Gasteiger charge is 2.38. The van der Waals surface area contributed by atoms with Crippen LogP contribution in [-0.4, -0.2) is 17.9 Å². The third-order valence-electron chi connectivity index (χ3n) is 5.43. The summed E-state index contributed by atoms with van der Waals surface area (Å²) in [4.78, 5) is 18.8. The van der Waals surface area contributed by atoms with Gasteiger partial charge in [-0.05, 0) is 61.7 Å². The van der Waals surface area contributed by atoms with Gasteiger partial charge < -0.3 is 4.90 Å². The normalized spacial score (nSPS) is 12.0. The third-order valence-corrected chi connectivity index (χ3v) is 5.64. The molecule has 8 heteroatoms. The maximum atomic E-state index is 14.0. The van der Waals surface area contributed by atoms with Crippen molar-refractivity contribution in [2.45, 2.75) is 32.4 Å². The summed E-state index contributed by atoms with van der Waals surface area (Å²) < 4.78 is 53.6. The van der Waals surface area contributed by atoms with Gasteiger partial charge in [-0.15, -0.1) is 0 Å². The van der Waals surface area contributed by atoms with Crippen LogP contribution in [0.1, 0.15) is 30.5 Å². The summed E-state index contributed by atoms with van der Waals surface area (Å²) in [5.41, 5.74) is 0.148. The highest BCUT2D eigenvalue weighted by Crippen LogP contribution is 2.38. The number of aromatic nitrogens is 1. The van der Waals surface area contributed by atoms with Crippen LogP contribution in [0.3, 0.4) is 0 Å². The van der Waals surface area contributed by atoms with Crippen LogP contribution in [-0.2, 0) is 16.4 Å². The standard InChI is InChI=1S/C24H21ClF4N2O/c1-14-7-5-6-8-18(14)19-12-21(25)30-13-20(19)31(4)22(32)23(2,3)15-9-16(24(27,28)29)11-17(26)10-15/h5-13H,1-4H3. The zero-order chi connectivity index (χ0) is 23.8. The highest BCUT2D eigenvalue weighted by molar-refractivity contribution is 6.29. The molecule has 0 atom stereocenters. The Morgan fingerprint density at radius 1 is 1.00 bits per heavy atom. The van der Waals surface area contributed by atoms with E-state index >= 15 is 0 Å². The highest BCUT2D eigenvalue weighted by atomic mass is 35.5. The number of pyridine rings is 1. The van der Waals surface area contributed by atoms with Gasteiger partial charge in [0.15, 0.2) is 0 Å². The average Bonchev–Trinajstić information content (AvgIpc) is 2.72. The number of carbonyl (C=O) groups excluding carboxylic acids is 1. The number of hydrogen-bond acceptors (Lipinski definition) is 2. The van der Waals surface area contributed by atoms with Crippen molar-refractivity contribution in [2.75, 3.05) is 11.9 Å². The van der Waals surface area contributed by atoms with Crippen molar-refractivity contribution in [3.05, 3.63) is 82.4 Å². The topological polar surface area (TPSA) is 33.2 Å². The molecular formula is C24H21ClF4N2O. The molecule has 0 bridgehead atoms. The zero-order valence-electron chi connectivity index (χ0n) is 17.9. The number of nitrogens with zero attached hydrogens (tertiary/aromatic N) is 2. The lowest BCUT2D eigenvalue weighted by molar-refractivity contribution is -0.138. The number of anilines is 1. The number of likely N-dealkylation sites (N-methyl/N-ethyl adjacent to an activating group) is 1. The maximum absolute atomic E-state index is 14.0. The number of hydrogen-bond donors (Lipinski definition) is 0. The van der Waals surface area contributed by atoms with Gasteiger partial charge in [-0.3, -0.25) is 4.79 Å². The first-order valence-electron chi connectivity index (χ1n) is 9.70. The molecular weight excluding hydrogens is 444 g/mol. The smallest absolute Gasteiger partial charge is 0.313 e. The molecule has 0 aliphatic rings. The molecule has 0 radical (unpaired) electrons. The van der Waals surface area contributed by atoms with Gasteiger partial charge in [-0.25, -0.2) is 9.37 Å². The van der Waals surface area contributed by atoms with Gasteiger partial charge in [0.05, 0.1) is 22.9 Å². The minimum absolute atomic E-state index is 0.0824. The SMILES string of the molecule is Cc1ccccc1-c1cc(Cl)ncc1N(C)C(=O)C(C)(C)c1cc(F)cc(C(F)(F)F)c1. The van der Waals surface area contributed by atoms with Gasteiger partial charge in [-0.1, -0.05) is 35.9 Å². The number of rotatable bonds is 4. The minimum Gasteiger partial charge on any atom is -0.313 e. The quantitative estimate of drug-likeness (QED) is 0.314. The van der Waals surface area contributed by atoms with Crippen molar-refractivity contribution in [2.24, 2.45) is 0 Å². The Kier molecular flexibility index (Phi) is 6.33. The Morgan fingerprint density at radius 3 is 2.25 bits per heavy atom. The fourth-order valence-electron chi connectivity index (χ4n) is 3.55. The molecule has 3 rings (SSSR count). The Morgan fingerprint density at radius 2 is 1.62 bits per heavy atom. The molecule has 168 valence electrons. The van der Waals surface area contributed by atoms with E-state index in [2.05, 4.69) is 4.98 Å². The molecule has 3 aromatic rings. The molecule has 0 spiro atoms. The number of halogens is 5. The first-order chi connectivity index (χ1) is 14.8. The van der Waals surface area contributed by atoms with Crippen LogP contribution in [0.5, 0.6) is 0 Å². The van der Waals surface area contributed by atoms with Crippen molar-refractivity contribution in [3.8, 4) is 11.1 Å². The van der Waals surface area contributed by atoms with Crippen molar-refractivity contribution < 1.29 is 22.4 Å². The first-order valence-corrected chi connectivity index (χ1v) is 10.1. The van der Waals surface area contributed by atoms with Crippen LogP contribution in [0.2, 0.25) is 5.15 Å². The van der Waals surface area contributed by atoms with Crippen LogP contribution < -0.4 is 4.90 Å². The fourth-order valence-corrected chi connectivity index (χ4v) is 3.70. The Balaban J connectivity index is 2.08. The van der Waals surface area contributed by atoms with E-state index in [1.807, 2.05) is 31.2 Å². The van der Waals surface area contributed by atoms with Crippen LogP contribution >= 0.6 is 11.6 Å². The molecule has 0 aliphatic carbocycles. The molecule has 32 heavy (non-hydrogen) atoms. The van der Waals surface area contributed by atoms with Gasteiger partial charge in [0, 0.05) is 12.6 Å². The van der Waals surface area contributed by atoms with Crippen molar-refractivity contribution in [1.29, 1.82) is 0 Å². The van der Waals surface area contributed by atoms with E-state index in [1.165, 1.54) is 32.0 Å². The van der Waals surface area contributed by atoms with E-state index in [4.69, 9.17) is 11.6 Å². The first kappa shape index (κ1) is 23.7. The summed E-state index contributed by atoms with van der Waals surface area (Å²) in [5.74, 6) is -1.60. The van der Waals surface area contributed by atoms with Gasteiger partial charge >= 0.3 is 6.18 Å². The second-order valence-corrected chi connectivity index (χ2v) is 8.44. The monoisotopic (exact) mass is 464 g/mol. The summed E-state index contributed by atoms with van der Waals surface area (Å²) in [7, 11) is 1.50. The number of carbonyl (C=O) groups is 1. The molecule has 0 N–H and O–H groups in total. The number of alkyl halides is 3. The van der Waals surface area contributed by atoms with Crippen LogP contribution in [0.4, 0.5) is 23.2 Å². The van der Waals surface area contributed by atoms with Gasteiger partial charge in [0.2, 0.25) is 5.91 Å². The summed E-state index contributed by atoms with van der Waals surface area (Å²) >= 11 is 6.10. The van der Waals surface area contributed by atoms with E-state index in [0.717, 1.165) is 23.3 Å². The molecule has 1 heterocycles. The molecule has 0 saturated carbocycles. The van der Waals surface area contributed by atoms with Crippen LogP contribution in [0, 0.1) is 12.7 Å². The molecule has 0 saturated heterocycles. The summed E-state index contributed by atoms with van der Waals surface area (Å²) in [6, 6.07) is 11.3. The summed E-state index contributed by atoms with van der Waals surface area (Å²) in [5, 5.41) is 0.229. The van der Waals surface area contributed by atoms with E-state index < -0.39 is 28.9 Å². The van der Waals surface area contributed by atoms with Crippen molar-refractivity contribution >= 4 is 23.2 Å². The lowest BCUT2D eigenvalue weighted by Crippen LogP contribution is -2.42. The van der Waals surface area contributed by atoms with Crippen LogP contribution in [0.15, 0.2) is 54.7 Å². The van der Waals surface area contributed by atoms with Crippen molar-refractivity contribution in [1.82, 2.24) is 4.98 Å². The second kappa shape index (κ2) is 8.54. The van der Waals surface area contributed by atoms with Gasteiger partial charge in [0.1, 0.15) is 11.0 Å². The van der Waals surface area contributed by atoms with E-state index in [-0.39, 0.29) is 10.7 Å². The molecule has 1 aromatic heterocycles. The molecule has 3 nitrogen and oxygen atoms in total. The average molecular weight is 465 g/mol. The second-order valence-electron chi connectivity index (χ2n) is 8.05. The maximum Gasteiger partial charge on any atom is 0.416 e. The molecule has 0 unspecified atom stereocenters. The fraction of sp³-hybridized carbons (Fsp3) is 0.250. The predicted molar refractivity (Wildman–Crippen MR) is 117 cm³/mol. The number of aryl methyl sites for hydroxylation is 1. The summed E-state index contributed by atoms with van der Waals surface area (Å²) in [6.45, 7) is 4.82. The predicted octanol–water partition coefficient (Wildman–Crippen LogP) is 6.81. The Hall–Kier alpha value is -2.93. The minimum atomic E-state index is -4.74. The van der Waals surface area contributed by atoms with E-state index in [9.17, 15) is 22.4 Å². The van der Waals surface area contributed by atoms with Gasteiger partial charge in [0.25, 0.3) is 0 Å². The number of benzene rings is 2. The van der Waals surface area contributed by atoms with Gasteiger partial charge in [-0.2, -0.15) is 13.2 Å². The molecule has 1 amide bonds. The summed E-state index contributed by atoms with van der Waals surface area (Å²) in [6.07, 6.45) is -3.30. The molecule has 0 fully saturated rings. The largest absolute Gasteiger partial charge is 0.416 e. The Labute approximate surface area is 188 Å². The Bertz CT molecular complexity index is 1170. The van der Waals surface area contributed by atoms with E-state index in [1.54, 1.807) is 6.07 Å². The molecule has 0 aliphatic heterocycles. The third kappa shape index (κ3) is 4.63. The van der Waals surface area contributed by atoms with Crippen LogP contribution in [0.25, 0.3) is 11.1 Å². The molecule has 2 aromatic carbocycles. The zero-order valence-corrected chi connectivity index (χ0v) is 18.6. The lowest BCUT2D eigenvalue weighted by atomic mass is 9.82. The van der Waals surface area contributed by atoms with E-state index in [0.29, 0.717) is 17.3 Å².